The van der Waals surface area contributed by atoms with E-state index in [0.717, 1.165) is 0 Å². The molecule has 3 N–H and O–H groups in total. The summed E-state index contributed by atoms with van der Waals surface area (Å²) in [6.45, 7) is 1.58. The molecule has 6 heteroatoms. The number of nitrogens with zero attached hydrogens (tertiary/aromatic N) is 2. The number of likely N-dealkylation sites (N-methyl/N-ethyl adjacent to an activating group) is 1. The van der Waals surface area contributed by atoms with Gasteiger partial charge in [0.05, 0.1) is 11.9 Å². The molecule has 0 rings (SSSR count). The smallest absolute Gasteiger partial charge is 0.225 e. The maximum Gasteiger partial charge on any atom is 0.225 e. The second kappa shape index (κ2) is 6.23. The van der Waals surface area contributed by atoms with E-state index in [0.29, 0.717) is 12.2 Å². The molecule has 0 aliphatic carbocycles. The Morgan fingerprint density at radius 1 is 1.67 bits per heavy atom. The van der Waals surface area contributed by atoms with Crippen molar-refractivity contribution in [2.24, 2.45) is 5.73 Å². The number of rotatable bonds is 6. The van der Waals surface area contributed by atoms with Crippen LogP contribution in [-0.2, 0) is 0 Å². The summed E-state index contributed by atoms with van der Waals surface area (Å²) in [6.07, 6.45) is 2.34. The second-order valence-corrected chi connectivity index (χ2v) is 3.68. The lowest BCUT2D eigenvalue weighted by atomic mass is 10.1. The molecule has 0 aromatic rings. The zero-order chi connectivity index (χ0) is 12.0. The van der Waals surface area contributed by atoms with E-state index < -0.39 is 6.04 Å². The average Bonchev–Trinajstić information content (AvgIpc) is 2.17. The largest absolute Gasteiger partial charge is 0.386 e. The van der Waals surface area contributed by atoms with Gasteiger partial charge in [0.2, 0.25) is 6.04 Å². The Bertz CT molecular complexity index is 240. The summed E-state index contributed by atoms with van der Waals surface area (Å²) < 4.78 is 0. The second-order valence-electron chi connectivity index (χ2n) is 3.68. The van der Waals surface area contributed by atoms with Gasteiger partial charge in [0.25, 0.3) is 0 Å². The molecule has 0 heterocycles. The fraction of sp³-hybridized carbons (Fsp3) is 0.778. The predicted molar refractivity (Wildman–Crippen MR) is 59.9 cm³/mol. The highest BCUT2D eigenvalue weighted by atomic mass is 16.6. The molecule has 6 nitrogen and oxygen atoms in total. The monoisotopic (exact) mass is 216 g/mol. The highest BCUT2D eigenvalue weighted by Gasteiger charge is 2.23. The third kappa shape index (κ3) is 4.64. The summed E-state index contributed by atoms with van der Waals surface area (Å²) in [5.41, 5.74) is 5.69. The predicted octanol–water partition coefficient (Wildman–Crippen LogP) is -0.00860. The molecule has 0 spiro atoms. The third-order valence-electron chi connectivity index (χ3n) is 2.38. The van der Waals surface area contributed by atoms with Crippen LogP contribution in [0.3, 0.4) is 0 Å². The lowest BCUT2D eigenvalue weighted by molar-refractivity contribution is -0.522. The van der Waals surface area contributed by atoms with E-state index in [9.17, 15) is 10.1 Å². The molecule has 0 saturated carbocycles. The lowest BCUT2D eigenvalue weighted by Crippen LogP contribution is -2.40. The van der Waals surface area contributed by atoms with Crippen LogP contribution >= 0.6 is 0 Å². The molecule has 0 radical (unpaired) electrons. The van der Waals surface area contributed by atoms with Gasteiger partial charge in [-0.2, -0.15) is 0 Å². The van der Waals surface area contributed by atoms with Crippen molar-refractivity contribution in [3.05, 3.63) is 22.0 Å². The van der Waals surface area contributed by atoms with Gasteiger partial charge in [-0.15, -0.1) is 0 Å². The molecule has 0 aromatic carbocycles. The zero-order valence-electron chi connectivity index (χ0n) is 9.73. The Labute approximate surface area is 90.3 Å². The fourth-order valence-electron chi connectivity index (χ4n) is 1.13. The quantitative estimate of drug-likeness (QED) is 0.482. The third-order valence-corrected chi connectivity index (χ3v) is 2.38. The average molecular weight is 216 g/mol. The minimum absolute atomic E-state index is 0.196. The van der Waals surface area contributed by atoms with Crippen molar-refractivity contribution in [1.29, 1.82) is 0 Å². The van der Waals surface area contributed by atoms with Crippen LogP contribution in [0.2, 0.25) is 0 Å². The molecule has 0 aliphatic rings. The van der Waals surface area contributed by atoms with Gasteiger partial charge in [-0.3, -0.25) is 10.1 Å². The Balaban J connectivity index is 4.35. The van der Waals surface area contributed by atoms with Crippen molar-refractivity contribution < 1.29 is 4.92 Å². The van der Waals surface area contributed by atoms with Crippen molar-refractivity contribution >= 4 is 0 Å². The molecule has 88 valence electrons. The molecule has 0 aromatic heterocycles. The highest BCUT2D eigenvalue weighted by Crippen LogP contribution is 2.04. The number of hydrogen-bond donors (Lipinski definition) is 2. The maximum absolute atomic E-state index is 10.6. The molecule has 2 atom stereocenters. The van der Waals surface area contributed by atoms with Gasteiger partial charge in [0.15, 0.2) is 0 Å². The van der Waals surface area contributed by atoms with Crippen LogP contribution in [0.15, 0.2) is 11.9 Å². The Morgan fingerprint density at radius 2 is 2.20 bits per heavy atom. The summed E-state index contributed by atoms with van der Waals surface area (Å²) in [7, 11) is 5.37. The van der Waals surface area contributed by atoms with Crippen molar-refractivity contribution in [3.63, 3.8) is 0 Å². The van der Waals surface area contributed by atoms with E-state index in [1.54, 1.807) is 24.9 Å². The molecular formula is C9H20N4O2. The first-order chi connectivity index (χ1) is 6.90. The molecule has 0 aliphatic heterocycles. The summed E-state index contributed by atoms with van der Waals surface area (Å²) in [4.78, 5) is 12.1. The topological polar surface area (TPSA) is 84.4 Å². The Morgan fingerprint density at radius 3 is 2.53 bits per heavy atom. The molecule has 2 unspecified atom stereocenters. The molecule has 0 fully saturated rings. The molecule has 0 bridgehead atoms. The molecular weight excluding hydrogens is 196 g/mol. The van der Waals surface area contributed by atoms with Gasteiger partial charge in [0, 0.05) is 25.9 Å². The van der Waals surface area contributed by atoms with E-state index in [4.69, 9.17) is 5.73 Å². The van der Waals surface area contributed by atoms with Crippen molar-refractivity contribution in [1.82, 2.24) is 10.2 Å². The van der Waals surface area contributed by atoms with Gasteiger partial charge < -0.3 is 16.0 Å². The normalized spacial score (nSPS) is 15.9. The van der Waals surface area contributed by atoms with Gasteiger partial charge >= 0.3 is 0 Å². The van der Waals surface area contributed by atoms with E-state index in [1.807, 2.05) is 14.1 Å². The van der Waals surface area contributed by atoms with Gasteiger partial charge in [-0.05, 0) is 19.5 Å². The SMILES string of the molecule is CNC(C/C=C(\N)N(C)C)C(C)[N+](=O)[O-]. The summed E-state index contributed by atoms with van der Waals surface area (Å²) in [5, 5.41) is 13.5. The van der Waals surface area contributed by atoms with Gasteiger partial charge in [-0.1, -0.05) is 0 Å². The number of nitrogens with two attached hydrogens (primary N) is 1. The molecule has 15 heavy (non-hydrogen) atoms. The summed E-state index contributed by atoms with van der Waals surface area (Å²) in [5.74, 6) is 0.616. The van der Waals surface area contributed by atoms with Crippen LogP contribution in [-0.4, -0.2) is 43.0 Å². The van der Waals surface area contributed by atoms with Crippen molar-refractivity contribution in [2.45, 2.75) is 25.4 Å². The van der Waals surface area contributed by atoms with E-state index in [-0.39, 0.29) is 11.0 Å². The first-order valence-corrected chi connectivity index (χ1v) is 4.83. The molecule has 0 amide bonds. The van der Waals surface area contributed by atoms with Crippen LogP contribution < -0.4 is 11.1 Å². The van der Waals surface area contributed by atoms with E-state index >= 15 is 0 Å². The minimum Gasteiger partial charge on any atom is -0.386 e. The Hall–Kier alpha value is -1.30. The minimum atomic E-state index is -0.624. The number of nitro groups is 1. The van der Waals surface area contributed by atoms with E-state index in [1.165, 1.54) is 0 Å². The summed E-state index contributed by atoms with van der Waals surface area (Å²) >= 11 is 0. The molecule has 0 saturated heterocycles. The van der Waals surface area contributed by atoms with Crippen molar-refractivity contribution in [2.75, 3.05) is 21.1 Å². The number of hydrogen-bond acceptors (Lipinski definition) is 5. The van der Waals surface area contributed by atoms with Gasteiger partial charge in [0.1, 0.15) is 0 Å². The standard InChI is InChI=1S/C9H20N4O2/c1-7(13(14)15)8(11-2)5-6-9(10)12(3)4/h6-8,11H,5,10H2,1-4H3/b9-6+. The van der Waals surface area contributed by atoms with Crippen molar-refractivity contribution in [3.8, 4) is 0 Å². The van der Waals surface area contributed by atoms with Gasteiger partial charge in [-0.25, -0.2) is 0 Å². The zero-order valence-corrected chi connectivity index (χ0v) is 9.73. The van der Waals surface area contributed by atoms with Crippen LogP contribution in [0, 0.1) is 10.1 Å². The fourth-order valence-corrected chi connectivity index (χ4v) is 1.13. The summed E-state index contributed by atoms with van der Waals surface area (Å²) in [6, 6.07) is -0.820. The van der Waals surface area contributed by atoms with Crippen LogP contribution in [0.4, 0.5) is 0 Å². The number of nitrogens with one attached hydrogen (secondary N) is 1. The van der Waals surface area contributed by atoms with Crippen LogP contribution in [0.1, 0.15) is 13.3 Å². The maximum atomic E-state index is 10.6. The van der Waals surface area contributed by atoms with Crippen LogP contribution in [0.5, 0.6) is 0 Å². The first kappa shape index (κ1) is 13.7. The van der Waals surface area contributed by atoms with Crippen LogP contribution in [0.25, 0.3) is 0 Å². The first-order valence-electron chi connectivity index (χ1n) is 4.83. The lowest BCUT2D eigenvalue weighted by Gasteiger charge is -2.17. The Kier molecular flexibility index (Phi) is 5.69. The highest BCUT2D eigenvalue weighted by molar-refractivity contribution is 4.96. The van der Waals surface area contributed by atoms with E-state index in [2.05, 4.69) is 5.32 Å².